The largest absolute Gasteiger partial charge is 0.486 e. The minimum absolute atomic E-state index is 0.202. The second kappa shape index (κ2) is 11.2. The van der Waals surface area contributed by atoms with Crippen molar-refractivity contribution in [3.05, 3.63) is 52.6 Å². The molecule has 0 spiro atoms. The van der Waals surface area contributed by atoms with Crippen molar-refractivity contribution in [3.8, 4) is 5.75 Å². The molecule has 0 heterocycles. The molecule has 1 rings (SSSR count). The lowest BCUT2D eigenvalue weighted by atomic mass is 10.0. The zero-order valence-corrected chi connectivity index (χ0v) is 17.1. The van der Waals surface area contributed by atoms with Crippen LogP contribution in [0.2, 0.25) is 0 Å². The van der Waals surface area contributed by atoms with Crippen LogP contribution in [0, 0.1) is 35.0 Å². The average molecular weight is 449 g/mol. The third-order valence-corrected chi connectivity index (χ3v) is 4.02. The van der Waals surface area contributed by atoms with Gasteiger partial charge in [-0.05, 0) is 19.9 Å². The highest BCUT2D eigenvalue weighted by Crippen LogP contribution is 2.29. The molecule has 0 aliphatic carbocycles. The van der Waals surface area contributed by atoms with Crippen molar-refractivity contribution in [3.63, 3.8) is 0 Å². The maximum Gasteiger partial charge on any atom is 0.349 e. The van der Waals surface area contributed by atoms with Crippen molar-refractivity contribution in [2.45, 2.75) is 34.1 Å². The Hall–Kier alpha value is -3.24. The number of amides is 2. The Kier molecular flexibility index (Phi) is 9.35. The molecule has 0 saturated carbocycles. The number of halogens is 5. The first-order valence-corrected chi connectivity index (χ1v) is 8.94. The quantitative estimate of drug-likeness (QED) is 0.124. The molecule has 2 amide bonds. The zero-order valence-electron chi connectivity index (χ0n) is 17.1. The summed E-state index contributed by atoms with van der Waals surface area (Å²) in [5, 5.41) is 2.14. The van der Waals surface area contributed by atoms with Gasteiger partial charge in [0.25, 0.3) is 0 Å². The van der Waals surface area contributed by atoms with Gasteiger partial charge in [-0.3, -0.25) is 14.9 Å². The predicted octanol–water partition coefficient (Wildman–Crippen LogP) is 3.84. The summed E-state index contributed by atoms with van der Waals surface area (Å²) in [7, 11) is 0. The molecular formula is C20H20F5NO5. The smallest absolute Gasteiger partial charge is 0.349 e. The van der Waals surface area contributed by atoms with Gasteiger partial charge in [0.2, 0.25) is 46.6 Å². The first-order chi connectivity index (χ1) is 14.4. The van der Waals surface area contributed by atoms with Gasteiger partial charge in [0.05, 0.1) is 11.7 Å². The van der Waals surface area contributed by atoms with E-state index >= 15 is 0 Å². The van der Waals surface area contributed by atoms with Crippen LogP contribution < -0.4 is 10.1 Å². The molecule has 0 bridgehead atoms. The fourth-order valence-corrected chi connectivity index (χ4v) is 2.09. The van der Waals surface area contributed by atoms with Gasteiger partial charge in [-0.1, -0.05) is 18.6 Å². The van der Waals surface area contributed by atoms with Crippen molar-refractivity contribution < 1.29 is 45.8 Å². The van der Waals surface area contributed by atoms with E-state index in [1.165, 1.54) is 19.1 Å². The van der Waals surface area contributed by atoms with Gasteiger partial charge < -0.3 is 9.47 Å². The fourth-order valence-electron chi connectivity index (χ4n) is 2.09. The van der Waals surface area contributed by atoms with E-state index in [1.807, 2.05) is 0 Å². The van der Waals surface area contributed by atoms with Crippen LogP contribution in [-0.2, 0) is 19.1 Å². The van der Waals surface area contributed by atoms with Crippen LogP contribution in [0.15, 0.2) is 23.5 Å². The summed E-state index contributed by atoms with van der Waals surface area (Å²) < 4.78 is 75.7. The number of hydrogen-bond acceptors (Lipinski definition) is 5. The lowest BCUT2D eigenvalue weighted by Crippen LogP contribution is -2.33. The lowest BCUT2D eigenvalue weighted by Gasteiger charge is -2.12. The predicted molar refractivity (Wildman–Crippen MR) is 97.9 cm³/mol. The summed E-state index contributed by atoms with van der Waals surface area (Å²) in [6, 6.07) is 0. The summed E-state index contributed by atoms with van der Waals surface area (Å²) in [4.78, 5) is 34.5. The van der Waals surface area contributed by atoms with Crippen molar-refractivity contribution in [1.29, 1.82) is 0 Å². The first-order valence-electron chi connectivity index (χ1n) is 8.94. The van der Waals surface area contributed by atoms with Crippen molar-refractivity contribution in [1.82, 2.24) is 5.32 Å². The van der Waals surface area contributed by atoms with Crippen molar-refractivity contribution in [2.24, 2.45) is 5.92 Å². The molecule has 0 aromatic heterocycles. The summed E-state index contributed by atoms with van der Waals surface area (Å²) in [6.07, 6.45) is 3.17. The molecule has 0 aliphatic heterocycles. The number of imide groups is 1. The summed E-state index contributed by atoms with van der Waals surface area (Å²) >= 11 is 0. The maximum absolute atomic E-state index is 13.5. The molecule has 31 heavy (non-hydrogen) atoms. The van der Waals surface area contributed by atoms with E-state index in [0.717, 1.165) is 0 Å². The molecule has 0 radical (unpaired) electrons. The number of carbonyl (C=O) groups excluding carboxylic acids is 3. The lowest BCUT2D eigenvalue weighted by molar-refractivity contribution is -0.138. The van der Waals surface area contributed by atoms with E-state index in [0.29, 0.717) is 5.57 Å². The van der Waals surface area contributed by atoms with Gasteiger partial charge in [0.1, 0.15) is 0 Å². The van der Waals surface area contributed by atoms with E-state index in [2.05, 4.69) is 10.1 Å². The molecule has 6 nitrogen and oxygen atoms in total. The molecule has 170 valence electrons. The molecule has 1 aromatic carbocycles. The van der Waals surface area contributed by atoms with Gasteiger partial charge in [-0.15, -0.1) is 0 Å². The van der Waals surface area contributed by atoms with Crippen molar-refractivity contribution >= 4 is 17.8 Å². The Morgan fingerprint density at radius 2 is 1.45 bits per heavy atom. The van der Waals surface area contributed by atoms with Gasteiger partial charge >= 0.3 is 5.97 Å². The van der Waals surface area contributed by atoms with E-state index in [9.17, 15) is 36.3 Å². The normalized spacial score (nSPS) is 12.9. The minimum Gasteiger partial charge on any atom is -0.486 e. The zero-order chi connectivity index (χ0) is 23.9. The van der Waals surface area contributed by atoms with Crippen LogP contribution in [-0.4, -0.2) is 24.4 Å². The summed E-state index contributed by atoms with van der Waals surface area (Å²) in [5.74, 6) is -16.0. The number of carbonyl (C=O) groups is 3. The molecule has 0 fully saturated rings. The van der Waals surface area contributed by atoms with E-state index < -0.39 is 65.1 Å². The van der Waals surface area contributed by atoms with Crippen molar-refractivity contribution in [2.75, 3.05) is 6.61 Å². The van der Waals surface area contributed by atoms with Crippen LogP contribution in [0.5, 0.6) is 5.75 Å². The molecule has 1 unspecified atom stereocenters. The molecule has 11 heteroatoms. The summed E-state index contributed by atoms with van der Waals surface area (Å²) in [5.41, 5.74) is 0.553. The fraction of sp³-hybridized carbons (Fsp3) is 0.350. The highest BCUT2D eigenvalue weighted by molar-refractivity contribution is 5.96. The number of rotatable bonds is 8. The number of benzene rings is 1. The van der Waals surface area contributed by atoms with Gasteiger partial charge in [-0.2, -0.15) is 8.78 Å². The number of hydrogen-bond donors (Lipinski definition) is 1. The minimum atomic E-state index is -2.38. The SMILES string of the molecule is CC/C(=C\C=C(/C)C(C)C(=O)NC(C)=O)OCC(=O)Oc1c(F)c(F)c(F)c(F)c1F. The Morgan fingerprint density at radius 3 is 1.94 bits per heavy atom. The summed E-state index contributed by atoms with van der Waals surface area (Å²) in [6.45, 7) is 5.14. The van der Waals surface area contributed by atoms with Crippen LogP contribution in [0.1, 0.15) is 34.1 Å². The van der Waals surface area contributed by atoms with E-state index in [-0.39, 0.29) is 12.2 Å². The van der Waals surface area contributed by atoms with Crippen LogP contribution in [0.3, 0.4) is 0 Å². The Morgan fingerprint density at radius 1 is 0.935 bits per heavy atom. The van der Waals surface area contributed by atoms with Gasteiger partial charge in [0, 0.05) is 13.3 Å². The maximum atomic E-state index is 13.5. The molecule has 1 N–H and O–H groups in total. The van der Waals surface area contributed by atoms with Gasteiger partial charge in [0.15, 0.2) is 6.61 Å². The van der Waals surface area contributed by atoms with Crippen LogP contribution in [0.25, 0.3) is 0 Å². The monoisotopic (exact) mass is 449 g/mol. The van der Waals surface area contributed by atoms with Gasteiger partial charge in [-0.25, -0.2) is 18.0 Å². The second-order valence-electron chi connectivity index (χ2n) is 6.33. The second-order valence-corrected chi connectivity index (χ2v) is 6.33. The van der Waals surface area contributed by atoms with Crippen LogP contribution >= 0.6 is 0 Å². The Balaban J connectivity index is 2.84. The first kappa shape index (κ1) is 25.8. The number of nitrogens with one attached hydrogen (secondary N) is 1. The molecule has 0 aliphatic rings. The van der Waals surface area contributed by atoms with E-state index in [1.54, 1.807) is 20.8 Å². The third-order valence-electron chi connectivity index (χ3n) is 4.02. The molecule has 0 saturated heterocycles. The number of allylic oxidation sites excluding steroid dienone is 3. The highest BCUT2D eigenvalue weighted by atomic mass is 19.2. The number of esters is 1. The van der Waals surface area contributed by atoms with Crippen LogP contribution in [0.4, 0.5) is 22.0 Å². The topological polar surface area (TPSA) is 81.7 Å². The molecule has 1 atom stereocenters. The third kappa shape index (κ3) is 6.90. The molecule has 1 aromatic rings. The Labute approximate surface area is 174 Å². The Bertz CT molecular complexity index is 913. The average Bonchev–Trinajstić information content (AvgIpc) is 2.72. The molecular weight excluding hydrogens is 429 g/mol. The standard InChI is InChI=1S/C20H20F5NO5/c1-5-12(7-6-9(2)10(3)20(29)26-11(4)27)30-8-13(28)31-19-17(24)15(22)14(21)16(23)18(19)25/h6-7,10H,5,8H2,1-4H3,(H,26,27,29)/b9-6+,12-7+. The van der Waals surface area contributed by atoms with E-state index in [4.69, 9.17) is 4.74 Å². The highest BCUT2D eigenvalue weighted by Gasteiger charge is 2.28. The number of ether oxygens (including phenoxy) is 2.